The van der Waals surface area contributed by atoms with Crippen molar-refractivity contribution in [2.45, 2.75) is 38.2 Å². The van der Waals surface area contributed by atoms with E-state index in [4.69, 9.17) is 9.39 Å². The van der Waals surface area contributed by atoms with Gasteiger partial charge in [0.1, 0.15) is 28.9 Å². The molecular weight excluding hydrogens is 379 g/mol. The summed E-state index contributed by atoms with van der Waals surface area (Å²) in [6.45, 7) is 2.75. The topological polar surface area (TPSA) is 125 Å². The third kappa shape index (κ3) is 3.82. The van der Waals surface area contributed by atoms with E-state index in [0.29, 0.717) is 38.8 Å². The number of aromatic carboxylic acids is 1. The summed E-state index contributed by atoms with van der Waals surface area (Å²) in [5, 5.41) is 22.4. The minimum Gasteiger partial charge on any atom is -0.535 e. The van der Waals surface area contributed by atoms with Gasteiger partial charge < -0.3 is 29.7 Å². The maximum atomic E-state index is 12.6. The van der Waals surface area contributed by atoms with E-state index in [1.165, 1.54) is 6.92 Å². The van der Waals surface area contributed by atoms with E-state index in [2.05, 4.69) is 5.32 Å². The second-order valence-corrected chi connectivity index (χ2v) is 7.83. The number of Topliss-reactive ketones (excluding diaryl/α,β-unsaturated/α-hetero) is 1. The molecule has 0 saturated carbocycles. The van der Waals surface area contributed by atoms with Gasteiger partial charge in [0.15, 0.2) is 0 Å². The van der Waals surface area contributed by atoms with Crippen molar-refractivity contribution in [2.75, 3.05) is 19.6 Å². The lowest BCUT2D eigenvalue weighted by atomic mass is 9.78. The van der Waals surface area contributed by atoms with Crippen LogP contribution in [0.15, 0.2) is 12.1 Å². The van der Waals surface area contributed by atoms with Crippen LogP contribution >= 0.6 is 0 Å². The predicted molar refractivity (Wildman–Crippen MR) is 102 cm³/mol. The van der Waals surface area contributed by atoms with Gasteiger partial charge in [-0.05, 0) is 37.7 Å². The minimum absolute atomic E-state index is 0.0658. The highest BCUT2D eigenvalue weighted by Gasteiger charge is 2.40. The number of hydrogen-bond acceptors (Lipinski definition) is 7. The molecule has 3 N–H and O–H groups in total. The van der Waals surface area contributed by atoms with E-state index in [1.807, 2.05) is 0 Å². The molecule has 1 amide bonds. The smallest absolute Gasteiger partial charge is 0.522 e. The highest BCUT2D eigenvalue weighted by atomic mass is 16.5. The minimum atomic E-state index is -1.19. The van der Waals surface area contributed by atoms with Crippen LogP contribution in [0.3, 0.4) is 0 Å². The Kier molecular flexibility index (Phi) is 5.22. The first-order valence-electron chi connectivity index (χ1n) is 9.76. The quantitative estimate of drug-likeness (QED) is 0.586. The number of carbonyl (C=O) groups excluding carboxylic acids is 2. The molecule has 0 aromatic heterocycles. The van der Waals surface area contributed by atoms with Gasteiger partial charge in [-0.3, -0.25) is 9.59 Å². The molecule has 2 fully saturated rings. The molecule has 9 nitrogen and oxygen atoms in total. The summed E-state index contributed by atoms with van der Waals surface area (Å²) in [5.74, 6) is -0.989. The largest absolute Gasteiger partial charge is 0.535 e. The Morgan fingerprint density at radius 2 is 2.07 bits per heavy atom. The van der Waals surface area contributed by atoms with Crippen LogP contribution in [0.2, 0.25) is 6.32 Å². The molecule has 4 rings (SSSR count). The average molecular weight is 402 g/mol. The first-order valence-corrected chi connectivity index (χ1v) is 9.76. The molecule has 1 aromatic carbocycles. The Morgan fingerprint density at radius 3 is 2.72 bits per heavy atom. The molecule has 1 aromatic rings. The van der Waals surface area contributed by atoms with Gasteiger partial charge in [0, 0.05) is 12.5 Å². The van der Waals surface area contributed by atoms with Gasteiger partial charge in [0.2, 0.25) is 5.91 Å². The average Bonchev–Trinajstić information content (AvgIpc) is 3.13. The van der Waals surface area contributed by atoms with Crippen molar-refractivity contribution in [3.63, 3.8) is 0 Å². The molecular formula is C19H23BN2O7. The molecule has 2 atom stereocenters. The lowest BCUT2D eigenvalue weighted by Gasteiger charge is -2.40. The summed E-state index contributed by atoms with van der Waals surface area (Å²) in [6, 6.07) is 2.98. The van der Waals surface area contributed by atoms with Crippen molar-refractivity contribution in [2.24, 2.45) is 5.92 Å². The lowest BCUT2D eigenvalue weighted by molar-refractivity contribution is -0.142. The van der Waals surface area contributed by atoms with Crippen molar-refractivity contribution in [3.8, 4) is 11.5 Å². The number of nitrogens with one attached hydrogen (secondary N) is 1. The van der Waals surface area contributed by atoms with E-state index in [0.717, 1.165) is 5.56 Å². The maximum Gasteiger partial charge on any atom is 0.522 e. The number of ether oxygens (including phenoxy) is 1. The number of aryl methyl sites for hydroxylation is 1. The third-order valence-electron chi connectivity index (χ3n) is 5.79. The number of nitrogens with zero attached hydrogens (tertiary/aromatic N) is 1. The molecule has 154 valence electrons. The second-order valence-electron chi connectivity index (χ2n) is 7.83. The normalized spacial score (nSPS) is 23.8. The van der Waals surface area contributed by atoms with Crippen molar-refractivity contribution in [1.82, 2.24) is 10.2 Å². The number of fused-ring (bicyclic) bond motifs is 1. The SMILES string of the molecule is CC(=O)[C@@H]1CN[C@H](C(=O)N2CC(Oc3ccc4c(c3C(=O)O)OB(O)CC4)C2)C1. The van der Waals surface area contributed by atoms with Crippen LogP contribution in [0.4, 0.5) is 0 Å². The molecule has 0 unspecified atom stereocenters. The Morgan fingerprint density at radius 1 is 1.31 bits per heavy atom. The molecule has 10 heteroatoms. The van der Waals surface area contributed by atoms with E-state index in [-0.39, 0.29) is 46.8 Å². The predicted octanol–water partition coefficient (Wildman–Crippen LogP) is -0.0431. The van der Waals surface area contributed by atoms with Crippen LogP contribution in [0.25, 0.3) is 0 Å². The van der Waals surface area contributed by atoms with Crippen molar-refractivity contribution in [3.05, 3.63) is 23.3 Å². The van der Waals surface area contributed by atoms with E-state index in [1.54, 1.807) is 17.0 Å². The van der Waals surface area contributed by atoms with E-state index in [9.17, 15) is 24.5 Å². The van der Waals surface area contributed by atoms with Crippen LogP contribution < -0.4 is 14.7 Å². The molecule has 3 aliphatic rings. The number of rotatable bonds is 5. The summed E-state index contributed by atoms with van der Waals surface area (Å²) in [5.41, 5.74) is 0.616. The van der Waals surface area contributed by atoms with Gasteiger partial charge in [0.25, 0.3) is 0 Å². The maximum absolute atomic E-state index is 12.6. The third-order valence-corrected chi connectivity index (χ3v) is 5.79. The van der Waals surface area contributed by atoms with Gasteiger partial charge >= 0.3 is 13.1 Å². The first-order chi connectivity index (χ1) is 13.8. The molecule has 3 heterocycles. The number of benzene rings is 1. The fourth-order valence-electron chi connectivity index (χ4n) is 4.04. The highest BCUT2D eigenvalue weighted by molar-refractivity contribution is 6.44. The van der Waals surface area contributed by atoms with E-state index >= 15 is 0 Å². The van der Waals surface area contributed by atoms with E-state index < -0.39 is 13.1 Å². The molecule has 0 aliphatic carbocycles. The number of carboxylic acids is 1. The summed E-state index contributed by atoms with van der Waals surface area (Å²) in [7, 11) is -1.04. The molecule has 29 heavy (non-hydrogen) atoms. The standard InChI is InChI=1S/C19H23BN2O7/c1-10(23)12-6-14(21-7-12)18(24)22-8-13(9-22)28-15-3-2-11-4-5-20(27)29-17(11)16(15)19(25)26/h2-3,12-14,21,27H,4-9H2,1H3,(H,25,26)/t12-,14-/m0/s1. The van der Waals surface area contributed by atoms with Crippen LogP contribution in [0.5, 0.6) is 11.5 Å². The molecule has 2 saturated heterocycles. The van der Waals surface area contributed by atoms with Crippen LogP contribution in [0.1, 0.15) is 29.3 Å². The first kappa shape index (κ1) is 19.7. The van der Waals surface area contributed by atoms with Gasteiger partial charge in [-0.25, -0.2) is 4.79 Å². The monoisotopic (exact) mass is 402 g/mol. The summed E-state index contributed by atoms with van der Waals surface area (Å²) >= 11 is 0. The molecule has 0 spiro atoms. The fraction of sp³-hybridized carbons (Fsp3) is 0.526. The van der Waals surface area contributed by atoms with Crippen LogP contribution in [-0.4, -0.2) is 71.6 Å². The number of ketones is 1. The number of carbonyl (C=O) groups is 3. The zero-order chi connectivity index (χ0) is 20.7. The Labute approximate surface area is 168 Å². The van der Waals surface area contributed by atoms with Gasteiger partial charge in [-0.2, -0.15) is 0 Å². The lowest BCUT2D eigenvalue weighted by Crippen LogP contribution is -2.59. The Bertz CT molecular complexity index is 855. The Hall–Kier alpha value is -2.59. The number of likely N-dealkylation sites (tertiary alicyclic amines) is 1. The second kappa shape index (κ2) is 7.68. The van der Waals surface area contributed by atoms with Crippen LogP contribution in [0, 0.1) is 5.92 Å². The molecule has 0 bridgehead atoms. The van der Waals surface area contributed by atoms with Crippen molar-refractivity contribution in [1.29, 1.82) is 0 Å². The van der Waals surface area contributed by atoms with Crippen molar-refractivity contribution < 1.29 is 33.9 Å². The fourth-order valence-corrected chi connectivity index (χ4v) is 4.04. The summed E-state index contributed by atoms with van der Waals surface area (Å²) < 4.78 is 11.2. The van der Waals surface area contributed by atoms with Gasteiger partial charge in [0.05, 0.1) is 19.1 Å². The Balaban J connectivity index is 1.39. The number of carboxylic acid groups (broad SMARTS) is 1. The number of hydrogen-bond donors (Lipinski definition) is 3. The zero-order valence-electron chi connectivity index (χ0n) is 16.1. The van der Waals surface area contributed by atoms with Gasteiger partial charge in [-0.15, -0.1) is 0 Å². The summed E-state index contributed by atoms with van der Waals surface area (Å²) in [6.07, 6.45) is 1.11. The molecule has 0 radical (unpaired) electrons. The summed E-state index contributed by atoms with van der Waals surface area (Å²) in [4.78, 5) is 37.4. The molecule has 3 aliphatic heterocycles. The zero-order valence-corrected chi connectivity index (χ0v) is 16.1. The highest BCUT2D eigenvalue weighted by Crippen LogP contribution is 2.37. The number of amides is 1. The van der Waals surface area contributed by atoms with Crippen molar-refractivity contribution >= 4 is 24.8 Å². The van der Waals surface area contributed by atoms with Crippen LogP contribution in [-0.2, 0) is 16.0 Å². The van der Waals surface area contributed by atoms with Gasteiger partial charge in [-0.1, -0.05) is 6.07 Å².